The number of hydrogen-bond acceptors (Lipinski definition) is 3. The molecular weight excluding hydrogens is 334 g/mol. The maximum atomic E-state index is 10.0. The van der Waals surface area contributed by atoms with Gasteiger partial charge in [-0.1, -0.05) is 0 Å². The Labute approximate surface area is 126 Å². The Bertz CT molecular complexity index is 255. The molecule has 1 aromatic carbocycles. The first kappa shape index (κ1) is 19.2. The number of halogens is 2. The Hall–Kier alpha value is 0.640. The van der Waals surface area contributed by atoms with E-state index >= 15 is 0 Å². The van der Waals surface area contributed by atoms with Crippen LogP contribution in [0.2, 0.25) is 0 Å². The zero-order valence-electron chi connectivity index (χ0n) is 6.48. The predicted molar refractivity (Wildman–Crippen MR) is 40.5 cm³/mol. The van der Waals surface area contributed by atoms with Crippen LogP contribution in [0.5, 0.6) is 5.75 Å². The Morgan fingerprint density at radius 2 is 1.54 bits per heavy atom. The number of benzene rings is 1. The summed E-state index contributed by atoms with van der Waals surface area (Å²) >= 11 is 0. The minimum Gasteiger partial charge on any atom is -1.00 e. The number of nitro groups is 1. The molecule has 0 saturated carbocycles. The van der Waals surface area contributed by atoms with Gasteiger partial charge in [-0.2, -0.15) is 0 Å². The zero-order valence-corrected chi connectivity index (χ0v) is 11.9. The molecule has 13 heavy (non-hydrogen) atoms. The van der Waals surface area contributed by atoms with E-state index in [0.717, 1.165) is 0 Å². The molecule has 0 fully saturated rings. The molecule has 0 aromatic heterocycles. The van der Waals surface area contributed by atoms with Crippen LogP contribution in [0.25, 0.3) is 0 Å². The monoisotopic (exact) mass is 337 g/mol. The third-order valence-electron chi connectivity index (χ3n) is 1.06. The Balaban J connectivity index is -0.000000333. The van der Waals surface area contributed by atoms with E-state index in [9.17, 15) is 10.1 Å². The maximum absolute atomic E-state index is 10.0. The molecule has 7 heteroatoms. The first-order chi connectivity index (χ1) is 4.70. The molecular formula is C6H5Br2CaNO3. The van der Waals surface area contributed by atoms with E-state index in [0.29, 0.717) is 0 Å². The van der Waals surface area contributed by atoms with Crippen LogP contribution in [0.4, 0.5) is 5.69 Å². The molecule has 0 aliphatic heterocycles. The average molecular weight is 339 g/mol. The summed E-state index contributed by atoms with van der Waals surface area (Å²) in [6, 6.07) is 5.04. The van der Waals surface area contributed by atoms with E-state index in [1.54, 1.807) is 0 Å². The first-order valence-electron chi connectivity index (χ1n) is 2.63. The van der Waals surface area contributed by atoms with Crippen molar-refractivity contribution in [2.75, 3.05) is 0 Å². The molecule has 0 radical (unpaired) electrons. The van der Waals surface area contributed by atoms with Gasteiger partial charge in [0.15, 0.2) is 0 Å². The minimum absolute atomic E-state index is 0. The number of nitrogens with zero attached hydrogens (tertiary/aromatic N) is 1. The van der Waals surface area contributed by atoms with Gasteiger partial charge in [-0.05, 0) is 12.1 Å². The first-order valence-corrected chi connectivity index (χ1v) is 2.63. The average Bonchev–Trinajstić information content (AvgIpc) is 1.88. The van der Waals surface area contributed by atoms with Crippen LogP contribution >= 0.6 is 0 Å². The predicted octanol–water partition coefficient (Wildman–Crippen LogP) is -5.07. The van der Waals surface area contributed by atoms with Gasteiger partial charge >= 0.3 is 37.7 Å². The van der Waals surface area contributed by atoms with E-state index in [1.165, 1.54) is 24.3 Å². The van der Waals surface area contributed by atoms with Crippen LogP contribution in [0.15, 0.2) is 24.3 Å². The van der Waals surface area contributed by atoms with Crippen LogP contribution in [0, 0.1) is 10.1 Å². The molecule has 0 aliphatic carbocycles. The summed E-state index contributed by atoms with van der Waals surface area (Å²) in [5, 5.41) is 18.8. The fourth-order valence-corrected chi connectivity index (χ4v) is 0.574. The van der Waals surface area contributed by atoms with Gasteiger partial charge in [-0.15, -0.1) is 0 Å². The van der Waals surface area contributed by atoms with E-state index in [1.807, 2.05) is 0 Å². The summed E-state index contributed by atoms with van der Waals surface area (Å²) in [4.78, 5) is 9.52. The van der Waals surface area contributed by atoms with E-state index in [2.05, 4.69) is 0 Å². The van der Waals surface area contributed by atoms with Gasteiger partial charge in [-0.25, -0.2) is 0 Å². The Morgan fingerprint density at radius 1 is 1.15 bits per heavy atom. The van der Waals surface area contributed by atoms with Gasteiger partial charge in [0.25, 0.3) is 5.69 Å². The Morgan fingerprint density at radius 3 is 1.85 bits per heavy atom. The van der Waals surface area contributed by atoms with Crippen molar-refractivity contribution in [3.05, 3.63) is 34.4 Å². The second-order valence-electron chi connectivity index (χ2n) is 1.77. The standard InChI is InChI=1S/C6H5NO3.2BrH.Ca/c8-6-3-1-5(2-4-6)7(9)10;;;/h1-4,8H;2*1H;/q;;;+2/p-2. The van der Waals surface area contributed by atoms with Gasteiger partial charge in [0.1, 0.15) is 5.75 Å². The molecule has 1 N–H and O–H groups in total. The van der Waals surface area contributed by atoms with Crippen LogP contribution in [0.1, 0.15) is 0 Å². The van der Waals surface area contributed by atoms with E-state index in [-0.39, 0.29) is 83.1 Å². The van der Waals surface area contributed by atoms with Gasteiger partial charge in [-0.3, -0.25) is 10.1 Å². The number of non-ortho nitro benzene ring substituents is 1. The van der Waals surface area contributed by atoms with Crippen molar-refractivity contribution >= 4 is 43.4 Å². The molecule has 4 nitrogen and oxygen atoms in total. The van der Waals surface area contributed by atoms with E-state index in [4.69, 9.17) is 5.11 Å². The molecule has 0 spiro atoms. The molecule has 0 amide bonds. The SMILES string of the molecule is O=[N+]([O-])c1ccc(O)cc1.[Br-].[Br-].[Ca+2]. The summed E-state index contributed by atoms with van der Waals surface area (Å²) in [7, 11) is 0. The largest absolute Gasteiger partial charge is 2.00 e. The quantitative estimate of drug-likeness (QED) is 0.317. The summed E-state index contributed by atoms with van der Waals surface area (Å²) in [6.45, 7) is 0. The van der Waals surface area contributed by atoms with Crippen molar-refractivity contribution in [2.45, 2.75) is 0 Å². The summed E-state index contributed by atoms with van der Waals surface area (Å²) < 4.78 is 0. The van der Waals surface area contributed by atoms with Crippen LogP contribution in [-0.4, -0.2) is 47.8 Å². The van der Waals surface area contributed by atoms with Crippen molar-refractivity contribution in [1.82, 2.24) is 0 Å². The van der Waals surface area contributed by atoms with Gasteiger partial charge in [0.05, 0.1) is 4.92 Å². The fourth-order valence-electron chi connectivity index (χ4n) is 0.574. The molecule has 0 saturated heterocycles. The van der Waals surface area contributed by atoms with Crippen molar-refractivity contribution in [3.8, 4) is 5.75 Å². The van der Waals surface area contributed by atoms with Crippen LogP contribution in [0.3, 0.4) is 0 Å². The summed E-state index contributed by atoms with van der Waals surface area (Å²) in [5.74, 6) is 0.0330. The number of aromatic hydroxyl groups is 1. The van der Waals surface area contributed by atoms with Crippen LogP contribution < -0.4 is 34.0 Å². The second-order valence-corrected chi connectivity index (χ2v) is 1.77. The summed E-state index contributed by atoms with van der Waals surface area (Å²) in [6.07, 6.45) is 0. The zero-order chi connectivity index (χ0) is 7.56. The molecule has 0 atom stereocenters. The third kappa shape index (κ3) is 6.68. The molecule has 1 rings (SSSR count). The smallest absolute Gasteiger partial charge is 1.00 e. The van der Waals surface area contributed by atoms with Crippen LogP contribution in [-0.2, 0) is 0 Å². The molecule has 0 unspecified atom stereocenters. The second kappa shape index (κ2) is 9.20. The third-order valence-corrected chi connectivity index (χ3v) is 1.06. The maximum Gasteiger partial charge on any atom is 2.00 e. The molecule has 1 aromatic rings. The van der Waals surface area contributed by atoms with Crippen molar-refractivity contribution in [1.29, 1.82) is 0 Å². The van der Waals surface area contributed by atoms with Gasteiger partial charge in [0, 0.05) is 12.1 Å². The number of nitro benzene ring substituents is 1. The normalized spacial score (nSPS) is 7.08. The molecule has 0 aliphatic rings. The molecule has 0 bridgehead atoms. The Kier molecular flexibility index (Phi) is 13.6. The van der Waals surface area contributed by atoms with E-state index < -0.39 is 4.92 Å². The van der Waals surface area contributed by atoms with Crippen molar-refractivity contribution in [3.63, 3.8) is 0 Å². The number of phenolic OH excluding ortho intramolecular Hbond substituents is 1. The molecule has 0 heterocycles. The topological polar surface area (TPSA) is 63.4 Å². The fraction of sp³-hybridized carbons (Fsp3) is 0. The minimum atomic E-state index is -0.514. The van der Waals surface area contributed by atoms with Gasteiger partial charge < -0.3 is 39.1 Å². The summed E-state index contributed by atoms with van der Waals surface area (Å²) in [5.41, 5.74) is -0.0159. The number of phenols is 1. The molecule has 68 valence electrons. The number of rotatable bonds is 1. The van der Waals surface area contributed by atoms with Crippen molar-refractivity contribution in [2.24, 2.45) is 0 Å². The van der Waals surface area contributed by atoms with Gasteiger partial charge in [0.2, 0.25) is 0 Å². The van der Waals surface area contributed by atoms with Crippen molar-refractivity contribution < 1.29 is 44.0 Å². The number of hydrogen-bond donors (Lipinski definition) is 1.